The molecule has 0 fully saturated rings. The van der Waals surface area contributed by atoms with Gasteiger partial charge < -0.3 is 4.74 Å². The number of aryl methyl sites for hydroxylation is 1. The number of hydrogen-bond donors (Lipinski definition) is 0. The van der Waals surface area contributed by atoms with Crippen LogP contribution in [0.1, 0.15) is 0 Å². The van der Waals surface area contributed by atoms with Crippen LogP contribution in [0.3, 0.4) is 0 Å². The molecule has 0 saturated heterocycles. The van der Waals surface area contributed by atoms with Crippen LogP contribution in [0.5, 0.6) is 5.75 Å². The summed E-state index contributed by atoms with van der Waals surface area (Å²) >= 11 is 2.48. The van der Waals surface area contributed by atoms with Crippen molar-refractivity contribution in [3.05, 3.63) is 115 Å². The molecule has 0 atom stereocenters. The lowest BCUT2D eigenvalue weighted by atomic mass is 10.0. The van der Waals surface area contributed by atoms with E-state index in [1.165, 1.54) is 48.7 Å². The van der Waals surface area contributed by atoms with Crippen LogP contribution in [0, 0.1) is 0 Å². The highest BCUT2D eigenvalue weighted by atomic mass is 127. The Morgan fingerprint density at radius 2 is 1.12 bits per heavy atom. The average molecular weight is 631 g/mol. The molecule has 8 aromatic rings. The molecule has 192 valence electrons. The van der Waals surface area contributed by atoms with Crippen molar-refractivity contribution in [3.8, 4) is 17.1 Å². The van der Waals surface area contributed by atoms with E-state index < -0.39 is 0 Å². The summed E-state index contributed by atoms with van der Waals surface area (Å²) in [5.74, 6) is 1.91. The van der Waals surface area contributed by atoms with Gasteiger partial charge in [-0.1, -0.05) is 91.0 Å². The van der Waals surface area contributed by atoms with Crippen LogP contribution in [0.25, 0.3) is 71.3 Å². The zero-order valence-electron chi connectivity index (χ0n) is 22.1. The van der Waals surface area contributed by atoms with E-state index in [1.54, 1.807) is 7.11 Å². The maximum absolute atomic E-state index is 5.86. The normalized spacial score (nSPS) is 11.9. The van der Waals surface area contributed by atoms with Crippen LogP contribution in [-0.4, -0.2) is 14.3 Å². The number of fused-ring (bicyclic) bond motifs is 10. The molecule has 5 heteroatoms. The Bertz CT molecular complexity index is 2350. The van der Waals surface area contributed by atoms with E-state index in [2.05, 4.69) is 145 Å². The van der Waals surface area contributed by atoms with Crippen LogP contribution in [0.2, 0.25) is 0 Å². The standard InChI is InChI=1S/C35H25IN3O/c1-37-33-27-16-6-5-14-24(27)22-12-3-4-13-23(22)26-18-11-19-28-25-15-7-9-20-30(25)38(32(26)28)35(33)39(36)34(37)29-17-8-10-21-31(29)40-2/h3-21H,1-2H3/q+1. The number of benzene rings is 5. The van der Waals surface area contributed by atoms with E-state index in [9.17, 15) is 0 Å². The third kappa shape index (κ3) is 3.09. The molecule has 0 amide bonds. The number of nitrogens with zero attached hydrogens (tertiary/aromatic N) is 3. The van der Waals surface area contributed by atoms with E-state index in [0.717, 1.165) is 28.3 Å². The molecule has 4 nitrogen and oxygen atoms in total. The van der Waals surface area contributed by atoms with E-state index in [0.29, 0.717) is 0 Å². The summed E-state index contributed by atoms with van der Waals surface area (Å²) in [4.78, 5) is 0. The Labute approximate surface area is 244 Å². The van der Waals surface area contributed by atoms with E-state index in [-0.39, 0.29) is 0 Å². The zero-order valence-corrected chi connectivity index (χ0v) is 24.3. The number of aromatic nitrogens is 3. The van der Waals surface area contributed by atoms with Crippen molar-refractivity contribution in [1.29, 1.82) is 0 Å². The molecule has 0 aliphatic heterocycles. The number of halogens is 1. The number of para-hydroxylation sites is 3. The average Bonchev–Trinajstić information content (AvgIpc) is 3.48. The third-order valence-electron chi connectivity index (χ3n) is 8.18. The van der Waals surface area contributed by atoms with Crippen LogP contribution < -0.4 is 9.30 Å². The smallest absolute Gasteiger partial charge is 0.303 e. The maximum Gasteiger partial charge on any atom is 0.303 e. The molecule has 0 radical (unpaired) electrons. The van der Waals surface area contributed by atoms with E-state index in [1.807, 2.05) is 12.1 Å². The van der Waals surface area contributed by atoms with Crippen molar-refractivity contribution in [1.82, 2.24) is 7.18 Å². The zero-order chi connectivity index (χ0) is 27.0. The van der Waals surface area contributed by atoms with Crippen molar-refractivity contribution in [3.63, 3.8) is 0 Å². The first-order valence-electron chi connectivity index (χ1n) is 13.3. The van der Waals surface area contributed by atoms with Crippen LogP contribution >= 0.6 is 22.9 Å². The predicted molar refractivity (Wildman–Crippen MR) is 174 cm³/mol. The fourth-order valence-corrected chi connectivity index (χ4v) is 7.55. The SMILES string of the molecule is COc1ccccc1-c1n(I)c2c(c3ccccc3c3ccccc3c3cccc4c5ccccc5n2c34)[n+]1C. The first-order valence-corrected chi connectivity index (χ1v) is 14.3. The molecule has 3 heterocycles. The second-order valence-corrected chi connectivity index (χ2v) is 11.1. The van der Waals surface area contributed by atoms with Crippen LogP contribution in [-0.2, 0) is 7.05 Å². The van der Waals surface area contributed by atoms with Crippen LogP contribution in [0.15, 0.2) is 115 Å². The third-order valence-corrected chi connectivity index (χ3v) is 9.09. The van der Waals surface area contributed by atoms with Gasteiger partial charge in [-0.2, -0.15) is 0 Å². The van der Waals surface area contributed by atoms with Crippen molar-refractivity contribution >= 4 is 82.8 Å². The molecule has 0 aliphatic carbocycles. The summed E-state index contributed by atoms with van der Waals surface area (Å²) in [5.41, 5.74) is 5.71. The highest BCUT2D eigenvalue weighted by Crippen LogP contribution is 2.40. The van der Waals surface area contributed by atoms with Gasteiger partial charge in [0.1, 0.15) is 11.3 Å². The molecule has 5 aromatic carbocycles. The van der Waals surface area contributed by atoms with Crippen molar-refractivity contribution < 1.29 is 9.30 Å². The van der Waals surface area contributed by atoms with Crippen LogP contribution in [0.4, 0.5) is 0 Å². The highest BCUT2D eigenvalue weighted by molar-refractivity contribution is 14.1. The lowest BCUT2D eigenvalue weighted by Gasteiger charge is -2.05. The lowest BCUT2D eigenvalue weighted by molar-refractivity contribution is -0.632. The Balaban J connectivity index is 1.82. The molecule has 8 rings (SSSR count). The quantitative estimate of drug-likeness (QED) is 0.138. The molecule has 0 saturated carbocycles. The summed E-state index contributed by atoms with van der Waals surface area (Å²) in [5, 5.41) is 8.60. The van der Waals surface area contributed by atoms with Crippen molar-refractivity contribution in [2.24, 2.45) is 7.05 Å². The summed E-state index contributed by atoms with van der Waals surface area (Å²) in [6.07, 6.45) is 0. The minimum Gasteiger partial charge on any atom is -0.496 e. The summed E-state index contributed by atoms with van der Waals surface area (Å²) < 4.78 is 13.0. The highest BCUT2D eigenvalue weighted by Gasteiger charge is 2.30. The van der Waals surface area contributed by atoms with Gasteiger partial charge in [-0.3, -0.25) is 4.40 Å². The van der Waals surface area contributed by atoms with Gasteiger partial charge in [0.25, 0.3) is 5.65 Å². The molecule has 0 aliphatic rings. The fraction of sp³-hybridized carbons (Fsp3) is 0.0571. The van der Waals surface area contributed by atoms with E-state index in [4.69, 9.17) is 4.74 Å². The minimum absolute atomic E-state index is 0.847. The van der Waals surface area contributed by atoms with Gasteiger partial charge >= 0.3 is 5.82 Å². The monoisotopic (exact) mass is 630 g/mol. The fourth-order valence-electron chi connectivity index (χ4n) is 6.52. The molecule has 0 spiro atoms. The molecular weight excluding hydrogens is 605 g/mol. The first-order chi connectivity index (χ1) is 19.7. The Morgan fingerprint density at radius 1 is 0.600 bits per heavy atom. The van der Waals surface area contributed by atoms with Crippen molar-refractivity contribution in [2.75, 3.05) is 7.11 Å². The number of hydrogen-bond acceptors (Lipinski definition) is 1. The maximum atomic E-state index is 5.86. The number of methoxy groups -OCH3 is 1. The second kappa shape index (κ2) is 8.83. The molecule has 0 bridgehead atoms. The first kappa shape index (κ1) is 23.5. The number of rotatable bonds is 2. The molecule has 0 unspecified atom stereocenters. The number of imidazole rings is 1. The number of ether oxygens (including phenoxy) is 1. The summed E-state index contributed by atoms with van der Waals surface area (Å²) in [6, 6.07) is 41.4. The van der Waals surface area contributed by atoms with Gasteiger partial charge in [-0.05, 0) is 40.4 Å². The Hall–Kier alpha value is -4.36. The van der Waals surface area contributed by atoms with Gasteiger partial charge in [0.15, 0.2) is 0 Å². The molecule has 3 aromatic heterocycles. The topological polar surface area (TPSA) is 22.4 Å². The van der Waals surface area contributed by atoms with Gasteiger partial charge in [0.05, 0.1) is 25.2 Å². The molecule has 40 heavy (non-hydrogen) atoms. The van der Waals surface area contributed by atoms with Gasteiger partial charge in [-0.25, -0.2) is 4.57 Å². The summed E-state index contributed by atoms with van der Waals surface area (Å²) in [6.45, 7) is 0. The van der Waals surface area contributed by atoms with E-state index >= 15 is 0 Å². The van der Waals surface area contributed by atoms with Gasteiger partial charge in [-0.15, -0.1) is 2.78 Å². The van der Waals surface area contributed by atoms with Gasteiger partial charge in [0.2, 0.25) is 28.4 Å². The minimum atomic E-state index is 0.847. The lowest BCUT2D eigenvalue weighted by Crippen LogP contribution is -2.30. The Kier molecular flexibility index (Phi) is 5.19. The molecular formula is C35H25IN3O+. The Morgan fingerprint density at radius 3 is 1.85 bits per heavy atom. The molecule has 0 N–H and O–H groups in total. The second-order valence-electron chi connectivity index (χ2n) is 10.2. The summed E-state index contributed by atoms with van der Waals surface area (Å²) in [7, 11) is 3.91. The largest absolute Gasteiger partial charge is 0.496 e. The predicted octanol–water partition coefficient (Wildman–Crippen LogP) is 8.77. The van der Waals surface area contributed by atoms with Gasteiger partial charge in [0, 0.05) is 21.5 Å². The van der Waals surface area contributed by atoms with Crippen molar-refractivity contribution in [2.45, 2.75) is 0 Å².